The lowest BCUT2D eigenvalue weighted by atomic mass is 10.2. The van der Waals surface area contributed by atoms with Crippen LogP contribution in [0.1, 0.15) is 11.8 Å². The van der Waals surface area contributed by atoms with E-state index < -0.39 is 11.0 Å². The van der Waals surface area contributed by atoms with Crippen LogP contribution < -0.4 is 5.32 Å². The number of nitrogens with zero attached hydrogens (tertiary/aromatic N) is 2. The summed E-state index contributed by atoms with van der Waals surface area (Å²) in [5.74, 6) is -0.321. The SMILES string of the molecule is C=CCN(Cc1ccc(Cl)s1)[C@@H](C)C(=O)Nc1ccccc1[N+](=O)[O-]. The van der Waals surface area contributed by atoms with E-state index in [4.69, 9.17) is 11.6 Å². The molecule has 1 aromatic heterocycles. The first kappa shape index (κ1) is 19.1. The molecule has 0 saturated carbocycles. The summed E-state index contributed by atoms with van der Waals surface area (Å²) in [5.41, 5.74) is 0.0467. The number of carbonyl (C=O) groups is 1. The number of nitro benzene ring substituents is 1. The van der Waals surface area contributed by atoms with Crippen molar-refractivity contribution < 1.29 is 9.72 Å². The van der Waals surface area contributed by atoms with Crippen LogP contribution in [-0.2, 0) is 11.3 Å². The van der Waals surface area contributed by atoms with Crippen molar-refractivity contribution in [3.63, 3.8) is 0 Å². The molecule has 0 spiro atoms. The minimum atomic E-state index is -0.518. The molecule has 1 aromatic carbocycles. The van der Waals surface area contributed by atoms with Gasteiger partial charge in [0, 0.05) is 24.0 Å². The van der Waals surface area contributed by atoms with Crippen LogP contribution >= 0.6 is 22.9 Å². The van der Waals surface area contributed by atoms with E-state index in [1.165, 1.54) is 23.5 Å². The molecule has 0 unspecified atom stereocenters. The van der Waals surface area contributed by atoms with E-state index in [1.54, 1.807) is 25.1 Å². The van der Waals surface area contributed by atoms with Gasteiger partial charge in [-0.05, 0) is 25.1 Å². The Bertz CT molecular complexity index is 778. The highest BCUT2D eigenvalue weighted by Gasteiger charge is 2.23. The Morgan fingerprint density at radius 1 is 1.44 bits per heavy atom. The quantitative estimate of drug-likeness (QED) is 0.421. The van der Waals surface area contributed by atoms with Crippen molar-refractivity contribution in [2.75, 3.05) is 11.9 Å². The van der Waals surface area contributed by atoms with Gasteiger partial charge in [0.05, 0.1) is 15.3 Å². The van der Waals surface area contributed by atoms with Crippen molar-refractivity contribution in [1.29, 1.82) is 0 Å². The highest BCUT2D eigenvalue weighted by atomic mass is 35.5. The van der Waals surface area contributed by atoms with Gasteiger partial charge >= 0.3 is 0 Å². The second-order valence-corrected chi connectivity index (χ2v) is 7.16. The number of nitrogens with one attached hydrogen (secondary N) is 1. The number of rotatable bonds is 8. The normalized spacial score (nSPS) is 12.0. The lowest BCUT2D eigenvalue weighted by Gasteiger charge is -2.26. The molecule has 2 aromatic rings. The van der Waals surface area contributed by atoms with Crippen LogP contribution in [0, 0.1) is 10.1 Å². The fourth-order valence-corrected chi connectivity index (χ4v) is 3.42. The van der Waals surface area contributed by atoms with Crippen LogP contribution in [0.4, 0.5) is 11.4 Å². The summed E-state index contributed by atoms with van der Waals surface area (Å²) in [6.07, 6.45) is 1.71. The molecule has 0 fully saturated rings. The molecule has 0 saturated heterocycles. The number of para-hydroxylation sites is 2. The molecule has 0 aliphatic heterocycles. The molecule has 132 valence electrons. The van der Waals surface area contributed by atoms with Gasteiger partial charge in [0.1, 0.15) is 5.69 Å². The Labute approximate surface area is 154 Å². The number of nitro groups is 1. The summed E-state index contributed by atoms with van der Waals surface area (Å²) >= 11 is 7.40. The molecular weight excluding hydrogens is 362 g/mol. The van der Waals surface area contributed by atoms with Gasteiger partial charge in [0.2, 0.25) is 5.91 Å². The highest BCUT2D eigenvalue weighted by Crippen LogP contribution is 2.25. The summed E-state index contributed by atoms with van der Waals surface area (Å²) in [5, 5.41) is 13.7. The van der Waals surface area contributed by atoms with Crippen LogP contribution in [0.2, 0.25) is 4.34 Å². The first-order chi connectivity index (χ1) is 11.9. The Hall–Kier alpha value is -2.22. The van der Waals surface area contributed by atoms with E-state index in [2.05, 4.69) is 11.9 Å². The smallest absolute Gasteiger partial charge is 0.292 e. The molecule has 25 heavy (non-hydrogen) atoms. The van der Waals surface area contributed by atoms with E-state index in [9.17, 15) is 14.9 Å². The van der Waals surface area contributed by atoms with E-state index >= 15 is 0 Å². The van der Waals surface area contributed by atoms with Crippen LogP contribution in [0.25, 0.3) is 0 Å². The number of anilines is 1. The molecule has 1 N–H and O–H groups in total. The molecule has 1 heterocycles. The minimum absolute atomic E-state index is 0.136. The molecule has 0 aliphatic rings. The third-order valence-corrected chi connectivity index (χ3v) is 4.85. The zero-order valence-corrected chi connectivity index (χ0v) is 15.2. The summed E-state index contributed by atoms with van der Waals surface area (Å²) < 4.78 is 0.686. The first-order valence-electron chi connectivity index (χ1n) is 7.55. The van der Waals surface area contributed by atoms with Gasteiger partial charge in [-0.25, -0.2) is 0 Å². The monoisotopic (exact) mass is 379 g/mol. The maximum Gasteiger partial charge on any atom is 0.292 e. The van der Waals surface area contributed by atoms with Crippen LogP contribution in [-0.4, -0.2) is 28.3 Å². The van der Waals surface area contributed by atoms with E-state index in [0.717, 1.165) is 4.88 Å². The zero-order valence-electron chi connectivity index (χ0n) is 13.6. The predicted molar refractivity (Wildman–Crippen MR) is 101 cm³/mol. The Balaban J connectivity index is 2.13. The molecule has 0 aliphatic carbocycles. The zero-order chi connectivity index (χ0) is 18.4. The standard InChI is InChI=1S/C17H18ClN3O3S/c1-3-10-20(11-13-8-9-16(18)25-13)12(2)17(22)19-14-6-4-5-7-15(14)21(23)24/h3-9,12H,1,10-11H2,2H3,(H,19,22)/t12-/m0/s1. The van der Waals surface area contributed by atoms with Gasteiger partial charge in [-0.3, -0.25) is 19.8 Å². The summed E-state index contributed by atoms with van der Waals surface area (Å²) in [4.78, 5) is 26.1. The molecule has 2 rings (SSSR count). The highest BCUT2D eigenvalue weighted by molar-refractivity contribution is 7.16. The summed E-state index contributed by atoms with van der Waals surface area (Å²) in [6.45, 7) is 6.52. The third kappa shape index (κ3) is 5.12. The van der Waals surface area contributed by atoms with Crippen molar-refractivity contribution in [1.82, 2.24) is 4.90 Å². The number of carbonyl (C=O) groups excluding carboxylic acids is 1. The molecule has 0 radical (unpaired) electrons. The van der Waals surface area contributed by atoms with Crippen molar-refractivity contribution in [2.24, 2.45) is 0 Å². The average molecular weight is 380 g/mol. The number of amides is 1. The first-order valence-corrected chi connectivity index (χ1v) is 8.75. The molecule has 1 amide bonds. The Morgan fingerprint density at radius 2 is 2.16 bits per heavy atom. The molecule has 8 heteroatoms. The predicted octanol–water partition coefficient (Wildman–Crippen LogP) is 4.32. The second-order valence-electron chi connectivity index (χ2n) is 5.36. The maximum atomic E-state index is 12.6. The van der Waals surface area contributed by atoms with E-state index in [-0.39, 0.29) is 17.3 Å². The Kier molecular flexibility index (Phi) is 6.69. The van der Waals surface area contributed by atoms with E-state index in [1.807, 2.05) is 17.0 Å². The molecule has 1 atom stereocenters. The fraction of sp³-hybridized carbons (Fsp3) is 0.235. The largest absolute Gasteiger partial charge is 0.319 e. The van der Waals surface area contributed by atoms with Crippen molar-refractivity contribution in [3.05, 3.63) is 68.4 Å². The maximum absolute atomic E-state index is 12.6. The number of thiophene rings is 1. The minimum Gasteiger partial charge on any atom is -0.319 e. The van der Waals surface area contributed by atoms with Crippen molar-refractivity contribution in [3.8, 4) is 0 Å². The van der Waals surface area contributed by atoms with Crippen molar-refractivity contribution in [2.45, 2.75) is 19.5 Å². The summed E-state index contributed by atoms with van der Waals surface area (Å²) in [6, 6.07) is 9.29. The van der Waals surface area contributed by atoms with E-state index in [0.29, 0.717) is 17.4 Å². The van der Waals surface area contributed by atoms with Gasteiger partial charge in [-0.15, -0.1) is 17.9 Å². The van der Waals surface area contributed by atoms with Gasteiger partial charge in [0.15, 0.2) is 0 Å². The van der Waals surface area contributed by atoms with Crippen LogP contribution in [0.15, 0.2) is 49.1 Å². The number of halogens is 1. The third-order valence-electron chi connectivity index (χ3n) is 3.64. The van der Waals surface area contributed by atoms with Crippen LogP contribution in [0.3, 0.4) is 0 Å². The van der Waals surface area contributed by atoms with Crippen LogP contribution in [0.5, 0.6) is 0 Å². The van der Waals surface area contributed by atoms with Gasteiger partial charge < -0.3 is 5.32 Å². The van der Waals surface area contributed by atoms with Gasteiger partial charge in [-0.1, -0.05) is 29.8 Å². The number of hydrogen-bond acceptors (Lipinski definition) is 5. The van der Waals surface area contributed by atoms with Crippen molar-refractivity contribution >= 4 is 40.2 Å². The molecule has 0 bridgehead atoms. The Morgan fingerprint density at radius 3 is 2.76 bits per heavy atom. The number of benzene rings is 1. The topological polar surface area (TPSA) is 75.5 Å². The van der Waals surface area contributed by atoms with Gasteiger partial charge in [0.25, 0.3) is 5.69 Å². The van der Waals surface area contributed by atoms with Gasteiger partial charge in [-0.2, -0.15) is 0 Å². The lowest BCUT2D eigenvalue weighted by Crippen LogP contribution is -2.41. The fourth-order valence-electron chi connectivity index (χ4n) is 2.30. The molecular formula is C17H18ClN3O3S. The number of hydrogen-bond donors (Lipinski definition) is 1. The average Bonchev–Trinajstić information content (AvgIpc) is 2.99. The second kappa shape index (κ2) is 8.75. The lowest BCUT2D eigenvalue weighted by molar-refractivity contribution is -0.383. The summed E-state index contributed by atoms with van der Waals surface area (Å²) in [7, 11) is 0. The molecule has 6 nitrogen and oxygen atoms in total.